The van der Waals surface area contributed by atoms with Crippen molar-refractivity contribution in [1.29, 1.82) is 0 Å². The van der Waals surface area contributed by atoms with Crippen molar-refractivity contribution in [3.05, 3.63) is 27.3 Å². The van der Waals surface area contributed by atoms with Gasteiger partial charge in [0, 0.05) is 3.57 Å². The van der Waals surface area contributed by atoms with Crippen LogP contribution in [0.2, 0.25) is 0 Å². The van der Waals surface area contributed by atoms with Crippen LogP contribution in [0.1, 0.15) is 33.3 Å². The molecule has 0 atom stereocenters. The lowest BCUT2D eigenvalue weighted by atomic mass is 9.79. The zero-order valence-corrected chi connectivity index (χ0v) is 13.8. The van der Waals surface area contributed by atoms with Gasteiger partial charge in [0.2, 0.25) is 0 Å². The highest BCUT2D eigenvalue weighted by Crippen LogP contribution is 2.37. The standard InChI is InChI=1S/C13H15BF3IO2/c1-11(2)12(3,4)20-14(19-11)9-6-5-8(7-10(9)18)13(15,16)17/h5-7H,1-4H3. The minimum atomic E-state index is -4.34. The maximum absolute atomic E-state index is 12.7. The molecule has 1 aromatic rings. The molecule has 0 N–H and O–H groups in total. The van der Waals surface area contributed by atoms with E-state index in [1.165, 1.54) is 6.07 Å². The maximum atomic E-state index is 12.7. The van der Waals surface area contributed by atoms with Gasteiger partial charge in [0.15, 0.2) is 0 Å². The monoisotopic (exact) mass is 398 g/mol. The van der Waals surface area contributed by atoms with Crippen molar-refractivity contribution >= 4 is 35.2 Å². The van der Waals surface area contributed by atoms with Crippen LogP contribution >= 0.6 is 22.6 Å². The van der Waals surface area contributed by atoms with E-state index in [0.29, 0.717) is 9.03 Å². The van der Waals surface area contributed by atoms with Gasteiger partial charge < -0.3 is 9.31 Å². The van der Waals surface area contributed by atoms with Gasteiger partial charge in [-0.2, -0.15) is 13.2 Å². The molecule has 0 aliphatic carbocycles. The molecule has 1 saturated heterocycles. The molecule has 1 aromatic carbocycles. The van der Waals surface area contributed by atoms with Gasteiger partial charge in [-0.05, 0) is 61.8 Å². The second-order valence-corrected chi connectivity index (χ2v) is 6.98. The number of alkyl halides is 3. The average Bonchev–Trinajstić information content (AvgIpc) is 2.46. The quantitative estimate of drug-likeness (QED) is 0.532. The molecule has 110 valence electrons. The SMILES string of the molecule is CC1(C)OB(c2ccc(C(F)(F)F)cc2I)OC1(C)C. The van der Waals surface area contributed by atoms with Crippen LogP contribution in [-0.4, -0.2) is 18.3 Å². The van der Waals surface area contributed by atoms with Gasteiger partial charge in [-0.25, -0.2) is 0 Å². The summed E-state index contributed by atoms with van der Waals surface area (Å²) in [5.74, 6) is 0. The van der Waals surface area contributed by atoms with Gasteiger partial charge in [-0.1, -0.05) is 12.1 Å². The number of benzene rings is 1. The Kier molecular flexibility index (Phi) is 3.93. The van der Waals surface area contributed by atoms with Crippen LogP contribution in [0.25, 0.3) is 0 Å². The van der Waals surface area contributed by atoms with Gasteiger partial charge >= 0.3 is 13.3 Å². The molecule has 2 rings (SSSR count). The van der Waals surface area contributed by atoms with E-state index < -0.39 is 30.1 Å². The Hall–Kier alpha value is -0.275. The third-order valence-electron chi connectivity index (χ3n) is 3.83. The summed E-state index contributed by atoms with van der Waals surface area (Å²) >= 11 is 1.88. The summed E-state index contributed by atoms with van der Waals surface area (Å²) in [6.45, 7) is 7.63. The molecular formula is C13H15BF3IO2. The van der Waals surface area contributed by atoms with Crippen LogP contribution in [0.5, 0.6) is 0 Å². The molecule has 1 aliphatic heterocycles. The lowest BCUT2D eigenvalue weighted by Gasteiger charge is -2.32. The van der Waals surface area contributed by atoms with Crippen LogP contribution in [-0.2, 0) is 15.5 Å². The smallest absolute Gasteiger partial charge is 0.399 e. The van der Waals surface area contributed by atoms with Gasteiger partial charge in [0.25, 0.3) is 0 Å². The minimum Gasteiger partial charge on any atom is -0.399 e. The molecule has 0 aromatic heterocycles. The molecule has 0 saturated carbocycles. The maximum Gasteiger partial charge on any atom is 0.495 e. The molecule has 1 heterocycles. The number of hydrogen-bond donors (Lipinski definition) is 0. The largest absolute Gasteiger partial charge is 0.495 e. The lowest BCUT2D eigenvalue weighted by Crippen LogP contribution is -2.41. The van der Waals surface area contributed by atoms with Crippen LogP contribution in [0.15, 0.2) is 18.2 Å². The van der Waals surface area contributed by atoms with Gasteiger partial charge in [0.1, 0.15) is 0 Å². The predicted molar refractivity (Wildman–Crippen MR) is 79.9 cm³/mol. The van der Waals surface area contributed by atoms with Crippen molar-refractivity contribution < 1.29 is 22.5 Å². The lowest BCUT2D eigenvalue weighted by molar-refractivity contribution is -0.137. The van der Waals surface area contributed by atoms with Crippen molar-refractivity contribution in [3.63, 3.8) is 0 Å². The summed E-state index contributed by atoms with van der Waals surface area (Å²) in [7, 11) is -0.644. The molecule has 1 aliphatic rings. The molecule has 0 radical (unpaired) electrons. The van der Waals surface area contributed by atoms with Crippen LogP contribution in [0, 0.1) is 3.57 Å². The van der Waals surface area contributed by atoms with Crippen molar-refractivity contribution in [2.45, 2.75) is 45.1 Å². The highest BCUT2D eigenvalue weighted by Gasteiger charge is 2.52. The highest BCUT2D eigenvalue weighted by atomic mass is 127. The van der Waals surface area contributed by atoms with E-state index in [1.54, 1.807) is 0 Å². The predicted octanol–water partition coefficient (Wildman–Crippen LogP) is 3.61. The summed E-state index contributed by atoms with van der Waals surface area (Å²) in [4.78, 5) is 0. The average molecular weight is 398 g/mol. The molecule has 2 nitrogen and oxygen atoms in total. The number of hydrogen-bond acceptors (Lipinski definition) is 2. The molecule has 0 bridgehead atoms. The summed E-state index contributed by atoms with van der Waals surface area (Å²) in [6.07, 6.45) is -4.34. The highest BCUT2D eigenvalue weighted by molar-refractivity contribution is 14.1. The molecular weight excluding hydrogens is 383 g/mol. The second-order valence-electron chi connectivity index (χ2n) is 5.82. The Balaban J connectivity index is 2.33. The normalized spacial score (nSPS) is 21.3. The third-order valence-corrected chi connectivity index (χ3v) is 4.77. The van der Waals surface area contributed by atoms with Crippen LogP contribution < -0.4 is 5.46 Å². The number of halogens is 4. The topological polar surface area (TPSA) is 18.5 Å². The molecule has 1 fully saturated rings. The first-order valence-corrected chi connectivity index (χ1v) is 7.24. The molecule has 20 heavy (non-hydrogen) atoms. The van der Waals surface area contributed by atoms with Crippen molar-refractivity contribution in [2.24, 2.45) is 0 Å². The summed E-state index contributed by atoms with van der Waals surface area (Å²) < 4.78 is 50.2. The third kappa shape index (κ3) is 2.85. The van der Waals surface area contributed by atoms with E-state index in [1.807, 2.05) is 50.3 Å². The first-order valence-electron chi connectivity index (χ1n) is 6.16. The van der Waals surface area contributed by atoms with Crippen LogP contribution in [0.3, 0.4) is 0 Å². The Morgan fingerprint density at radius 1 is 1.05 bits per heavy atom. The Bertz CT molecular complexity index is 513. The van der Waals surface area contributed by atoms with Crippen molar-refractivity contribution in [3.8, 4) is 0 Å². The number of rotatable bonds is 1. The minimum absolute atomic E-state index is 0.482. The Morgan fingerprint density at radius 2 is 1.55 bits per heavy atom. The first kappa shape index (κ1) is 16.1. The van der Waals surface area contributed by atoms with Crippen molar-refractivity contribution in [2.75, 3.05) is 0 Å². The van der Waals surface area contributed by atoms with E-state index in [2.05, 4.69) is 0 Å². The summed E-state index contributed by atoms with van der Waals surface area (Å²) in [6, 6.07) is 3.59. The fourth-order valence-electron chi connectivity index (χ4n) is 1.86. The van der Waals surface area contributed by atoms with Crippen LogP contribution in [0.4, 0.5) is 13.2 Å². The van der Waals surface area contributed by atoms with E-state index >= 15 is 0 Å². The second kappa shape index (κ2) is 4.88. The van der Waals surface area contributed by atoms with E-state index in [0.717, 1.165) is 12.1 Å². The van der Waals surface area contributed by atoms with E-state index in [-0.39, 0.29) is 0 Å². The van der Waals surface area contributed by atoms with Crippen molar-refractivity contribution in [1.82, 2.24) is 0 Å². The summed E-state index contributed by atoms with van der Waals surface area (Å²) in [5.41, 5.74) is -1.06. The zero-order valence-electron chi connectivity index (χ0n) is 11.6. The van der Waals surface area contributed by atoms with Gasteiger partial charge in [-0.3, -0.25) is 0 Å². The Morgan fingerprint density at radius 3 is 1.95 bits per heavy atom. The van der Waals surface area contributed by atoms with E-state index in [4.69, 9.17) is 9.31 Å². The van der Waals surface area contributed by atoms with Gasteiger partial charge in [-0.15, -0.1) is 0 Å². The molecule has 0 spiro atoms. The first-order chi connectivity index (χ1) is 8.94. The summed E-state index contributed by atoms with van der Waals surface area (Å²) in [5, 5.41) is 0. The molecule has 7 heteroatoms. The van der Waals surface area contributed by atoms with Gasteiger partial charge in [0.05, 0.1) is 16.8 Å². The zero-order chi connectivity index (χ0) is 15.3. The van der Waals surface area contributed by atoms with E-state index in [9.17, 15) is 13.2 Å². The fraction of sp³-hybridized carbons (Fsp3) is 0.538. The Labute approximate surface area is 130 Å². The fourth-order valence-corrected chi connectivity index (χ4v) is 2.63. The molecule has 0 unspecified atom stereocenters. The molecule has 0 amide bonds.